The molecule has 0 fully saturated rings. The summed E-state index contributed by atoms with van der Waals surface area (Å²) in [5.41, 5.74) is 7.89. The maximum absolute atomic E-state index is 8.69. The third-order valence-corrected chi connectivity index (χ3v) is 2.68. The molecule has 0 saturated carbocycles. The van der Waals surface area contributed by atoms with Gasteiger partial charge in [-0.3, -0.25) is 0 Å². The second-order valence-electron chi connectivity index (χ2n) is 3.78. The van der Waals surface area contributed by atoms with Gasteiger partial charge in [0.05, 0.1) is 17.3 Å². The van der Waals surface area contributed by atoms with Gasteiger partial charge < -0.3 is 10.5 Å². The molecule has 0 heterocycles. The standard InChI is InChI=1S/C14H11ClN2O/c15-12-5-6-14(13(17)7-12)18-9-11-3-1-10(8-16)2-4-11/h1-7H,9,17H2. The second-order valence-corrected chi connectivity index (χ2v) is 4.22. The van der Waals surface area contributed by atoms with Crippen LogP contribution in [0.1, 0.15) is 11.1 Å². The van der Waals surface area contributed by atoms with Gasteiger partial charge in [-0.1, -0.05) is 23.7 Å². The van der Waals surface area contributed by atoms with Crippen LogP contribution < -0.4 is 10.5 Å². The van der Waals surface area contributed by atoms with Crippen LogP contribution in [0, 0.1) is 11.3 Å². The third kappa shape index (κ3) is 2.93. The van der Waals surface area contributed by atoms with Crippen molar-refractivity contribution in [2.75, 3.05) is 5.73 Å². The Balaban J connectivity index is 2.04. The van der Waals surface area contributed by atoms with Crippen molar-refractivity contribution in [2.45, 2.75) is 6.61 Å². The van der Waals surface area contributed by atoms with E-state index in [4.69, 9.17) is 27.3 Å². The monoisotopic (exact) mass is 258 g/mol. The van der Waals surface area contributed by atoms with E-state index in [-0.39, 0.29) is 0 Å². The fourth-order valence-electron chi connectivity index (χ4n) is 1.49. The van der Waals surface area contributed by atoms with Crippen LogP contribution in [0.4, 0.5) is 5.69 Å². The number of ether oxygens (including phenoxy) is 1. The van der Waals surface area contributed by atoms with Gasteiger partial charge in [-0.25, -0.2) is 0 Å². The van der Waals surface area contributed by atoms with Crippen molar-refractivity contribution < 1.29 is 4.74 Å². The van der Waals surface area contributed by atoms with Gasteiger partial charge in [0.1, 0.15) is 12.4 Å². The molecule has 0 aliphatic carbocycles. The number of nitriles is 1. The summed E-state index contributed by atoms with van der Waals surface area (Å²) >= 11 is 5.80. The highest BCUT2D eigenvalue weighted by atomic mass is 35.5. The van der Waals surface area contributed by atoms with E-state index in [0.717, 1.165) is 5.56 Å². The van der Waals surface area contributed by atoms with Crippen molar-refractivity contribution in [1.29, 1.82) is 5.26 Å². The molecule has 0 spiro atoms. The number of hydrogen-bond acceptors (Lipinski definition) is 3. The number of anilines is 1. The van der Waals surface area contributed by atoms with Crippen molar-refractivity contribution in [3.63, 3.8) is 0 Å². The number of nitrogens with zero attached hydrogens (tertiary/aromatic N) is 1. The zero-order valence-corrected chi connectivity index (χ0v) is 10.3. The maximum Gasteiger partial charge on any atom is 0.142 e. The largest absolute Gasteiger partial charge is 0.487 e. The molecule has 2 aromatic carbocycles. The minimum Gasteiger partial charge on any atom is -0.487 e. The number of halogens is 1. The average molecular weight is 259 g/mol. The summed E-state index contributed by atoms with van der Waals surface area (Å²) in [6.45, 7) is 0.400. The van der Waals surface area contributed by atoms with Gasteiger partial charge in [-0.2, -0.15) is 5.26 Å². The van der Waals surface area contributed by atoms with Crippen LogP contribution in [-0.2, 0) is 6.61 Å². The Kier molecular flexibility index (Phi) is 3.71. The van der Waals surface area contributed by atoms with Crippen LogP contribution in [0.2, 0.25) is 5.02 Å². The lowest BCUT2D eigenvalue weighted by Gasteiger charge is -2.09. The molecule has 2 N–H and O–H groups in total. The molecule has 0 unspecified atom stereocenters. The predicted molar refractivity (Wildman–Crippen MR) is 71.4 cm³/mol. The molecule has 0 saturated heterocycles. The van der Waals surface area contributed by atoms with Crippen LogP contribution in [0.5, 0.6) is 5.75 Å². The molecule has 2 aromatic rings. The molecule has 3 nitrogen and oxygen atoms in total. The van der Waals surface area contributed by atoms with Gasteiger partial charge in [0, 0.05) is 5.02 Å². The molecule has 18 heavy (non-hydrogen) atoms. The highest BCUT2D eigenvalue weighted by Crippen LogP contribution is 2.25. The summed E-state index contributed by atoms with van der Waals surface area (Å²) in [6.07, 6.45) is 0. The third-order valence-electron chi connectivity index (χ3n) is 2.45. The first-order valence-electron chi connectivity index (χ1n) is 5.36. The van der Waals surface area contributed by atoms with Crippen molar-refractivity contribution in [3.8, 4) is 11.8 Å². The molecule has 0 aliphatic rings. The minimum atomic E-state index is 0.400. The number of nitrogens with two attached hydrogens (primary N) is 1. The Morgan fingerprint density at radius 1 is 1.17 bits per heavy atom. The quantitative estimate of drug-likeness (QED) is 0.859. The molecule has 4 heteroatoms. The lowest BCUT2D eigenvalue weighted by atomic mass is 10.1. The molecule has 90 valence electrons. The summed E-state index contributed by atoms with van der Waals surface area (Å²) in [6, 6.07) is 14.4. The first-order chi connectivity index (χ1) is 8.69. The molecule has 0 atom stereocenters. The smallest absolute Gasteiger partial charge is 0.142 e. The van der Waals surface area contributed by atoms with Crippen molar-refractivity contribution in [1.82, 2.24) is 0 Å². The Labute approximate surface area is 110 Å². The first kappa shape index (κ1) is 12.3. The van der Waals surface area contributed by atoms with Gasteiger partial charge in [0.2, 0.25) is 0 Å². The fraction of sp³-hybridized carbons (Fsp3) is 0.0714. The first-order valence-corrected chi connectivity index (χ1v) is 5.73. The molecule has 0 radical (unpaired) electrons. The molecule has 2 rings (SSSR count). The SMILES string of the molecule is N#Cc1ccc(COc2ccc(Cl)cc2N)cc1. The van der Waals surface area contributed by atoms with E-state index in [2.05, 4.69) is 6.07 Å². The van der Waals surface area contributed by atoms with Crippen molar-refractivity contribution in [3.05, 3.63) is 58.6 Å². The summed E-state index contributed by atoms with van der Waals surface area (Å²) in [4.78, 5) is 0. The van der Waals surface area contributed by atoms with Crippen molar-refractivity contribution in [2.24, 2.45) is 0 Å². The van der Waals surface area contributed by atoms with Crippen LogP contribution >= 0.6 is 11.6 Å². The van der Waals surface area contributed by atoms with E-state index in [9.17, 15) is 0 Å². The lowest BCUT2D eigenvalue weighted by Crippen LogP contribution is -1.98. The Morgan fingerprint density at radius 2 is 1.89 bits per heavy atom. The molecule has 0 amide bonds. The van der Waals surface area contributed by atoms with Crippen LogP contribution in [0.3, 0.4) is 0 Å². The van der Waals surface area contributed by atoms with E-state index in [1.807, 2.05) is 12.1 Å². The second kappa shape index (κ2) is 5.44. The number of rotatable bonds is 3. The molecule has 0 bridgehead atoms. The van der Waals surface area contributed by atoms with Gasteiger partial charge in [-0.05, 0) is 35.9 Å². The van der Waals surface area contributed by atoms with Crippen LogP contribution in [0.25, 0.3) is 0 Å². The fourth-order valence-corrected chi connectivity index (χ4v) is 1.67. The van der Waals surface area contributed by atoms with Crippen LogP contribution in [0.15, 0.2) is 42.5 Å². The summed E-state index contributed by atoms with van der Waals surface area (Å²) in [7, 11) is 0. The van der Waals surface area contributed by atoms with Crippen molar-refractivity contribution >= 4 is 17.3 Å². The molecule has 0 aliphatic heterocycles. The molecular formula is C14H11ClN2O. The van der Waals surface area contributed by atoms with E-state index in [1.165, 1.54) is 0 Å². The summed E-state index contributed by atoms with van der Waals surface area (Å²) in [5, 5.41) is 9.27. The normalized spacial score (nSPS) is 9.78. The van der Waals surface area contributed by atoms with E-state index < -0.39 is 0 Å². The minimum absolute atomic E-state index is 0.400. The number of hydrogen-bond donors (Lipinski definition) is 1. The van der Waals surface area contributed by atoms with Gasteiger partial charge in [-0.15, -0.1) is 0 Å². The lowest BCUT2D eigenvalue weighted by molar-refractivity contribution is 0.308. The van der Waals surface area contributed by atoms with E-state index in [0.29, 0.717) is 28.6 Å². The molecular weight excluding hydrogens is 248 g/mol. The topological polar surface area (TPSA) is 59.0 Å². The number of benzene rings is 2. The average Bonchev–Trinajstić information content (AvgIpc) is 2.38. The number of nitrogen functional groups attached to an aromatic ring is 1. The molecule has 0 aromatic heterocycles. The Bertz CT molecular complexity index is 588. The van der Waals surface area contributed by atoms with E-state index in [1.54, 1.807) is 30.3 Å². The van der Waals surface area contributed by atoms with E-state index >= 15 is 0 Å². The highest BCUT2D eigenvalue weighted by molar-refractivity contribution is 6.30. The van der Waals surface area contributed by atoms with Gasteiger partial charge in [0.25, 0.3) is 0 Å². The zero-order valence-electron chi connectivity index (χ0n) is 9.56. The Hall–Kier alpha value is -2.18. The highest BCUT2D eigenvalue weighted by Gasteiger charge is 2.02. The van der Waals surface area contributed by atoms with Gasteiger partial charge in [0.15, 0.2) is 0 Å². The summed E-state index contributed by atoms with van der Waals surface area (Å²) in [5.74, 6) is 0.601. The Morgan fingerprint density at radius 3 is 2.50 bits per heavy atom. The predicted octanol–water partition coefficient (Wildman–Crippen LogP) is 3.37. The zero-order chi connectivity index (χ0) is 13.0. The summed E-state index contributed by atoms with van der Waals surface area (Å²) < 4.78 is 5.58. The van der Waals surface area contributed by atoms with Crippen LogP contribution in [-0.4, -0.2) is 0 Å². The van der Waals surface area contributed by atoms with Gasteiger partial charge >= 0.3 is 0 Å². The maximum atomic E-state index is 8.69.